The van der Waals surface area contributed by atoms with E-state index in [0.29, 0.717) is 6.54 Å². The van der Waals surface area contributed by atoms with Crippen molar-refractivity contribution in [3.63, 3.8) is 0 Å². The Labute approximate surface area is 125 Å². The van der Waals surface area contributed by atoms with Crippen LogP contribution in [0.15, 0.2) is 24.3 Å². The summed E-state index contributed by atoms with van der Waals surface area (Å²) < 4.78 is 0. The molecule has 1 amide bonds. The van der Waals surface area contributed by atoms with Crippen molar-refractivity contribution in [3.8, 4) is 5.75 Å². The summed E-state index contributed by atoms with van der Waals surface area (Å²) in [5, 5.41) is 12.5. The minimum absolute atomic E-state index is 0.0638. The van der Waals surface area contributed by atoms with Crippen LogP contribution in [0.1, 0.15) is 44.1 Å². The fraction of sp³-hybridized carbons (Fsp3) is 0.611. The van der Waals surface area contributed by atoms with Crippen molar-refractivity contribution in [1.29, 1.82) is 0 Å². The number of carbonyl (C=O) groups excluding carboxylic acids is 1. The summed E-state index contributed by atoms with van der Waals surface area (Å²) in [5.74, 6) is 2.95. The zero-order chi connectivity index (χ0) is 14.4. The Balaban J connectivity index is 1.44. The normalized spacial score (nSPS) is 36.7. The molecule has 0 spiro atoms. The van der Waals surface area contributed by atoms with Gasteiger partial charge in [0.25, 0.3) is 0 Å². The van der Waals surface area contributed by atoms with E-state index >= 15 is 0 Å². The van der Waals surface area contributed by atoms with Crippen LogP contribution in [0.3, 0.4) is 0 Å². The highest BCUT2D eigenvalue weighted by Crippen LogP contribution is 2.60. The Bertz CT molecular complexity index is 514. The lowest BCUT2D eigenvalue weighted by Gasteiger charge is -2.55. The predicted molar refractivity (Wildman–Crippen MR) is 80.6 cm³/mol. The first kappa shape index (κ1) is 13.2. The average Bonchev–Trinajstić information content (AvgIpc) is 2.45. The van der Waals surface area contributed by atoms with Crippen LogP contribution in [0.4, 0.5) is 0 Å². The lowest BCUT2D eigenvalue weighted by molar-refractivity contribution is -0.146. The van der Waals surface area contributed by atoms with Crippen molar-refractivity contribution >= 4 is 5.91 Å². The molecule has 0 aromatic heterocycles. The Morgan fingerprint density at radius 2 is 1.57 bits per heavy atom. The minimum Gasteiger partial charge on any atom is -0.508 e. The van der Waals surface area contributed by atoms with E-state index in [4.69, 9.17) is 0 Å². The number of hydrogen-bond acceptors (Lipinski definition) is 2. The Hall–Kier alpha value is -1.51. The molecule has 0 aliphatic heterocycles. The lowest BCUT2D eigenvalue weighted by Crippen LogP contribution is -2.53. The van der Waals surface area contributed by atoms with Gasteiger partial charge in [0.15, 0.2) is 0 Å². The molecule has 0 unspecified atom stereocenters. The van der Waals surface area contributed by atoms with Crippen molar-refractivity contribution in [2.45, 2.75) is 45.1 Å². The molecule has 4 fully saturated rings. The van der Waals surface area contributed by atoms with Gasteiger partial charge in [-0.2, -0.15) is 0 Å². The smallest absolute Gasteiger partial charge is 0.226 e. The van der Waals surface area contributed by atoms with Crippen LogP contribution >= 0.6 is 0 Å². The number of carbonyl (C=O) groups is 1. The molecular weight excluding hydrogens is 262 g/mol. The first-order valence-corrected chi connectivity index (χ1v) is 8.19. The molecule has 21 heavy (non-hydrogen) atoms. The van der Waals surface area contributed by atoms with Crippen molar-refractivity contribution in [2.24, 2.45) is 23.2 Å². The van der Waals surface area contributed by atoms with Gasteiger partial charge >= 0.3 is 0 Å². The Kier molecular flexibility index (Phi) is 2.98. The van der Waals surface area contributed by atoms with Crippen LogP contribution < -0.4 is 5.32 Å². The van der Waals surface area contributed by atoms with E-state index < -0.39 is 0 Å². The summed E-state index contributed by atoms with van der Waals surface area (Å²) >= 11 is 0. The summed E-state index contributed by atoms with van der Waals surface area (Å²) in [4.78, 5) is 12.8. The third-order valence-corrected chi connectivity index (χ3v) is 5.91. The number of benzene rings is 1. The van der Waals surface area contributed by atoms with Gasteiger partial charge in [0.1, 0.15) is 5.75 Å². The monoisotopic (exact) mass is 285 g/mol. The third kappa shape index (κ3) is 2.33. The third-order valence-electron chi connectivity index (χ3n) is 5.91. The van der Waals surface area contributed by atoms with Gasteiger partial charge in [-0.05, 0) is 74.0 Å². The molecule has 0 heterocycles. The van der Waals surface area contributed by atoms with Crippen molar-refractivity contribution in [3.05, 3.63) is 29.8 Å². The molecule has 0 atom stereocenters. The van der Waals surface area contributed by atoms with E-state index in [2.05, 4.69) is 5.32 Å². The van der Waals surface area contributed by atoms with Gasteiger partial charge in [-0.1, -0.05) is 12.1 Å². The zero-order valence-corrected chi connectivity index (χ0v) is 12.3. The summed E-state index contributed by atoms with van der Waals surface area (Å²) in [6.07, 6.45) is 7.43. The standard InChI is InChI=1S/C18H23NO2/c20-16-3-1-12(2-4-16)11-19-17(21)18-8-13-5-14(9-18)7-15(6-13)10-18/h1-4,13-15,20H,5-11H2,(H,19,21). The van der Waals surface area contributed by atoms with Gasteiger partial charge in [0.05, 0.1) is 0 Å². The maximum absolute atomic E-state index is 12.8. The summed E-state index contributed by atoms with van der Waals surface area (Å²) in [6.45, 7) is 0.570. The Morgan fingerprint density at radius 3 is 2.10 bits per heavy atom. The molecule has 1 aromatic carbocycles. The average molecular weight is 285 g/mol. The van der Waals surface area contributed by atoms with Gasteiger partial charge in [-0.15, -0.1) is 0 Å². The second-order valence-corrected chi connectivity index (χ2v) is 7.55. The quantitative estimate of drug-likeness (QED) is 0.896. The van der Waals surface area contributed by atoms with E-state index in [1.165, 1.54) is 19.3 Å². The minimum atomic E-state index is -0.0638. The highest BCUT2D eigenvalue weighted by atomic mass is 16.3. The maximum atomic E-state index is 12.8. The molecule has 2 N–H and O–H groups in total. The van der Waals surface area contributed by atoms with Gasteiger partial charge in [0, 0.05) is 12.0 Å². The number of amides is 1. The molecule has 3 nitrogen and oxygen atoms in total. The SMILES string of the molecule is O=C(NCc1ccc(O)cc1)C12CC3CC(CC(C3)C1)C2. The number of hydrogen-bond donors (Lipinski definition) is 2. The summed E-state index contributed by atoms with van der Waals surface area (Å²) in [7, 11) is 0. The molecule has 112 valence electrons. The van der Waals surface area contributed by atoms with Gasteiger partial charge < -0.3 is 10.4 Å². The largest absolute Gasteiger partial charge is 0.508 e. The summed E-state index contributed by atoms with van der Waals surface area (Å²) in [6, 6.07) is 7.09. The molecule has 4 bridgehead atoms. The molecule has 4 aliphatic carbocycles. The van der Waals surface area contributed by atoms with E-state index in [1.54, 1.807) is 12.1 Å². The highest BCUT2D eigenvalue weighted by molar-refractivity contribution is 5.83. The van der Waals surface area contributed by atoms with Crippen LogP contribution in [-0.2, 0) is 11.3 Å². The van der Waals surface area contributed by atoms with Crippen LogP contribution in [-0.4, -0.2) is 11.0 Å². The second kappa shape index (κ2) is 4.75. The first-order chi connectivity index (χ1) is 10.1. The Morgan fingerprint density at radius 1 is 1.05 bits per heavy atom. The summed E-state index contributed by atoms with van der Waals surface area (Å²) in [5.41, 5.74) is 0.983. The van der Waals surface area contributed by atoms with Crippen molar-refractivity contribution in [2.75, 3.05) is 0 Å². The molecule has 4 aliphatic rings. The number of phenolic OH excluding ortho intramolecular Hbond substituents is 1. The second-order valence-electron chi connectivity index (χ2n) is 7.55. The topological polar surface area (TPSA) is 49.3 Å². The van der Waals surface area contributed by atoms with Gasteiger partial charge in [0.2, 0.25) is 5.91 Å². The lowest BCUT2D eigenvalue weighted by atomic mass is 9.49. The number of rotatable bonds is 3. The molecule has 4 saturated carbocycles. The molecule has 1 aromatic rings. The van der Waals surface area contributed by atoms with E-state index in [-0.39, 0.29) is 17.1 Å². The molecule has 0 saturated heterocycles. The van der Waals surface area contributed by atoms with Gasteiger partial charge in [-0.25, -0.2) is 0 Å². The fourth-order valence-electron chi connectivity index (χ4n) is 5.37. The predicted octanol–water partition coefficient (Wildman–Crippen LogP) is 3.22. The zero-order valence-electron chi connectivity index (χ0n) is 12.3. The van der Waals surface area contributed by atoms with Crippen LogP contribution in [0.2, 0.25) is 0 Å². The van der Waals surface area contributed by atoms with Crippen LogP contribution in [0, 0.1) is 23.2 Å². The molecule has 0 radical (unpaired) electrons. The molecular formula is C18H23NO2. The van der Waals surface area contributed by atoms with E-state index in [0.717, 1.165) is 42.6 Å². The molecule has 5 rings (SSSR count). The van der Waals surface area contributed by atoms with E-state index in [9.17, 15) is 9.90 Å². The van der Waals surface area contributed by atoms with Crippen molar-refractivity contribution < 1.29 is 9.90 Å². The van der Waals surface area contributed by atoms with E-state index in [1.807, 2.05) is 12.1 Å². The number of aromatic hydroxyl groups is 1. The van der Waals surface area contributed by atoms with Crippen molar-refractivity contribution in [1.82, 2.24) is 5.32 Å². The molecule has 3 heteroatoms. The fourth-order valence-corrected chi connectivity index (χ4v) is 5.37. The number of phenols is 1. The van der Waals surface area contributed by atoms with Crippen LogP contribution in [0.5, 0.6) is 5.75 Å². The maximum Gasteiger partial charge on any atom is 0.226 e. The first-order valence-electron chi connectivity index (χ1n) is 8.19. The highest BCUT2D eigenvalue weighted by Gasteiger charge is 2.54. The van der Waals surface area contributed by atoms with Gasteiger partial charge in [-0.3, -0.25) is 4.79 Å². The number of nitrogens with one attached hydrogen (secondary N) is 1. The van der Waals surface area contributed by atoms with Crippen LogP contribution in [0.25, 0.3) is 0 Å².